The molecule has 5 rings (SSSR count). The maximum absolute atomic E-state index is 14.1. The van der Waals surface area contributed by atoms with Crippen molar-refractivity contribution >= 4 is 23.2 Å². The fourth-order valence-electron chi connectivity index (χ4n) is 7.53. The van der Waals surface area contributed by atoms with Crippen molar-refractivity contribution in [3.8, 4) is 0 Å². The first-order chi connectivity index (χ1) is 24.8. The Labute approximate surface area is 300 Å². The van der Waals surface area contributed by atoms with Gasteiger partial charge in [0.2, 0.25) is 11.8 Å². The van der Waals surface area contributed by atoms with Gasteiger partial charge in [0.1, 0.15) is 0 Å². The van der Waals surface area contributed by atoms with Crippen molar-refractivity contribution in [3.63, 3.8) is 0 Å². The van der Waals surface area contributed by atoms with Crippen LogP contribution in [0.25, 0.3) is 0 Å². The SMILES string of the molecule is CCNC(=O)C1C(COCCN)=NC(CC)=C(C(=O)NCCCN2CCC(c3ccccc3)(c3ccccc3)CC2)C1c1ccc([N+](=O)[O-])cc1. The summed E-state index contributed by atoms with van der Waals surface area (Å²) < 4.78 is 5.75. The van der Waals surface area contributed by atoms with Gasteiger partial charge in [0.15, 0.2) is 0 Å². The number of hydrogen-bond donors (Lipinski definition) is 3. The predicted molar refractivity (Wildman–Crippen MR) is 200 cm³/mol. The van der Waals surface area contributed by atoms with Crippen LogP contribution in [0.3, 0.4) is 0 Å². The summed E-state index contributed by atoms with van der Waals surface area (Å²) in [6.07, 6.45) is 3.22. The smallest absolute Gasteiger partial charge is 0.269 e. The zero-order valence-corrected chi connectivity index (χ0v) is 29.7. The third kappa shape index (κ3) is 8.79. The van der Waals surface area contributed by atoms with Gasteiger partial charge >= 0.3 is 0 Å². The molecular formula is C40H50N6O5. The molecule has 0 spiro atoms. The predicted octanol–water partition coefficient (Wildman–Crippen LogP) is 5.11. The molecule has 2 amide bonds. The van der Waals surface area contributed by atoms with Crippen molar-refractivity contribution in [2.45, 2.75) is 50.9 Å². The molecule has 0 radical (unpaired) electrons. The minimum Gasteiger partial charge on any atom is -0.374 e. The average molecular weight is 695 g/mol. The molecule has 270 valence electrons. The van der Waals surface area contributed by atoms with Crippen molar-refractivity contribution in [2.24, 2.45) is 16.6 Å². The lowest BCUT2D eigenvalue weighted by molar-refractivity contribution is -0.384. The third-order valence-electron chi connectivity index (χ3n) is 10.1. The molecule has 2 atom stereocenters. The fraction of sp³-hybridized carbons (Fsp3) is 0.425. The van der Waals surface area contributed by atoms with E-state index in [1.807, 2.05) is 13.8 Å². The van der Waals surface area contributed by atoms with Crippen molar-refractivity contribution in [1.82, 2.24) is 15.5 Å². The summed E-state index contributed by atoms with van der Waals surface area (Å²) >= 11 is 0. The number of piperidine rings is 1. The topological polar surface area (TPSA) is 152 Å². The minimum absolute atomic E-state index is 0.0283. The van der Waals surface area contributed by atoms with Crippen LogP contribution in [-0.4, -0.2) is 79.8 Å². The summed E-state index contributed by atoms with van der Waals surface area (Å²) in [6.45, 7) is 8.01. The van der Waals surface area contributed by atoms with Crippen LogP contribution in [0.5, 0.6) is 0 Å². The monoisotopic (exact) mass is 694 g/mol. The van der Waals surface area contributed by atoms with Crippen molar-refractivity contribution in [2.75, 3.05) is 52.5 Å². The van der Waals surface area contributed by atoms with Crippen LogP contribution in [0.4, 0.5) is 5.69 Å². The molecule has 11 nitrogen and oxygen atoms in total. The van der Waals surface area contributed by atoms with E-state index in [0.29, 0.717) is 55.2 Å². The molecule has 0 aliphatic carbocycles. The Morgan fingerprint density at radius 1 is 0.961 bits per heavy atom. The number of rotatable bonds is 16. The summed E-state index contributed by atoms with van der Waals surface area (Å²) in [5, 5.41) is 17.5. The second kappa shape index (κ2) is 18.0. The molecule has 1 fully saturated rings. The van der Waals surface area contributed by atoms with E-state index in [-0.39, 0.29) is 29.5 Å². The van der Waals surface area contributed by atoms with E-state index in [4.69, 9.17) is 15.5 Å². The molecule has 2 aliphatic heterocycles. The summed E-state index contributed by atoms with van der Waals surface area (Å²) in [5.41, 5.74) is 10.3. The van der Waals surface area contributed by atoms with Crippen LogP contribution in [0.2, 0.25) is 0 Å². The van der Waals surface area contributed by atoms with Crippen LogP contribution in [0, 0.1) is 16.0 Å². The molecule has 51 heavy (non-hydrogen) atoms. The van der Waals surface area contributed by atoms with E-state index < -0.39 is 16.8 Å². The molecule has 2 aliphatic rings. The van der Waals surface area contributed by atoms with Gasteiger partial charge in [0.05, 0.1) is 29.8 Å². The van der Waals surface area contributed by atoms with E-state index in [2.05, 4.69) is 76.2 Å². The maximum Gasteiger partial charge on any atom is 0.269 e. The third-order valence-corrected chi connectivity index (χ3v) is 10.1. The van der Waals surface area contributed by atoms with Gasteiger partial charge in [0.25, 0.3) is 5.69 Å². The number of allylic oxidation sites excluding steroid dienone is 1. The number of nitrogens with zero attached hydrogens (tertiary/aromatic N) is 3. The Hall–Kier alpha value is -4.71. The van der Waals surface area contributed by atoms with Gasteiger partial charge in [-0.15, -0.1) is 0 Å². The number of nitro groups is 1. The van der Waals surface area contributed by atoms with Gasteiger partial charge in [-0.3, -0.25) is 24.7 Å². The molecule has 3 aromatic carbocycles. The number of hydrogen-bond acceptors (Lipinski definition) is 8. The molecular weight excluding hydrogens is 644 g/mol. The number of carbonyl (C=O) groups excluding carboxylic acids is 2. The number of non-ortho nitro benzene ring substituents is 1. The summed E-state index contributed by atoms with van der Waals surface area (Å²) in [6, 6.07) is 27.6. The molecule has 0 saturated carbocycles. The summed E-state index contributed by atoms with van der Waals surface area (Å²) in [4.78, 5) is 46.1. The number of aliphatic imine (C=N–C) groups is 1. The molecule has 2 heterocycles. The highest BCUT2D eigenvalue weighted by atomic mass is 16.6. The lowest BCUT2D eigenvalue weighted by Gasteiger charge is -2.43. The second-order valence-corrected chi connectivity index (χ2v) is 13.1. The standard InChI is InChI=1S/C40H50N6O5/c1-3-33-36(35(29-16-18-32(19-17-29)46(49)50)37(38(47)42-4-2)34(44-33)28-51-27-22-41)39(48)43-23-11-24-45-25-20-40(21-26-45,30-12-7-5-8-13-30)31-14-9-6-10-15-31/h5-10,12-19,35,37H,3-4,11,20-28,41H2,1-2H3,(H,42,47)(H,43,48). The molecule has 11 heteroatoms. The Morgan fingerprint density at radius 3 is 2.14 bits per heavy atom. The lowest BCUT2D eigenvalue weighted by Crippen LogP contribution is -2.46. The van der Waals surface area contributed by atoms with Crippen LogP contribution in [0.1, 0.15) is 62.1 Å². The normalized spacial score (nSPS) is 18.9. The van der Waals surface area contributed by atoms with Crippen LogP contribution in [0.15, 0.2) is 101 Å². The number of likely N-dealkylation sites (tertiary alicyclic amines) is 1. The highest BCUT2D eigenvalue weighted by Gasteiger charge is 2.43. The lowest BCUT2D eigenvalue weighted by atomic mass is 9.68. The van der Waals surface area contributed by atoms with Gasteiger partial charge in [0, 0.05) is 54.4 Å². The van der Waals surface area contributed by atoms with Crippen LogP contribution >= 0.6 is 0 Å². The Balaban J connectivity index is 1.32. The van der Waals surface area contributed by atoms with Crippen molar-refractivity contribution in [3.05, 3.63) is 123 Å². The van der Waals surface area contributed by atoms with E-state index in [1.54, 1.807) is 12.1 Å². The quantitative estimate of drug-likeness (QED) is 0.107. The zero-order chi connectivity index (χ0) is 36.2. The number of carbonyl (C=O) groups is 2. The molecule has 1 saturated heterocycles. The number of ether oxygens (including phenoxy) is 1. The molecule has 4 N–H and O–H groups in total. The van der Waals surface area contributed by atoms with Gasteiger partial charge < -0.3 is 26.0 Å². The Bertz CT molecular complexity index is 1640. The Kier molecular flexibility index (Phi) is 13.2. The van der Waals surface area contributed by atoms with E-state index in [0.717, 1.165) is 38.9 Å². The highest BCUT2D eigenvalue weighted by molar-refractivity contribution is 6.10. The second-order valence-electron chi connectivity index (χ2n) is 13.1. The van der Waals surface area contributed by atoms with Gasteiger partial charge in [-0.2, -0.15) is 0 Å². The number of nitrogens with one attached hydrogen (secondary N) is 2. The van der Waals surface area contributed by atoms with Crippen molar-refractivity contribution < 1.29 is 19.2 Å². The summed E-state index contributed by atoms with van der Waals surface area (Å²) in [5.74, 6) is -2.14. The minimum atomic E-state index is -0.844. The molecule has 2 unspecified atom stereocenters. The molecule has 3 aromatic rings. The van der Waals surface area contributed by atoms with Crippen molar-refractivity contribution in [1.29, 1.82) is 0 Å². The van der Waals surface area contributed by atoms with Gasteiger partial charge in [-0.1, -0.05) is 79.7 Å². The first-order valence-electron chi connectivity index (χ1n) is 18.0. The average Bonchev–Trinajstić information content (AvgIpc) is 3.17. The number of amides is 2. The number of nitro benzene ring substituents is 1. The number of benzene rings is 3. The van der Waals surface area contributed by atoms with Gasteiger partial charge in [-0.05, 0) is 68.9 Å². The first kappa shape index (κ1) is 37.5. The van der Waals surface area contributed by atoms with E-state index >= 15 is 0 Å². The van der Waals surface area contributed by atoms with Crippen LogP contribution < -0.4 is 16.4 Å². The van der Waals surface area contributed by atoms with Gasteiger partial charge in [-0.25, -0.2) is 0 Å². The molecule has 0 aromatic heterocycles. The highest BCUT2D eigenvalue weighted by Crippen LogP contribution is 2.42. The van der Waals surface area contributed by atoms with E-state index in [9.17, 15) is 19.7 Å². The number of nitrogens with two attached hydrogens (primary N) is 1. The first-order valence-corrected chi connectivity index (χ1v) is 18.0. The molecule has 0 bridgehead atoms. The van der Waals surface area contributed by atoms with Crippen LogP contribution in [-0.2, 0) is 19.7 Å². The zero-order valence-electron chi connectivity index (χ0n) is 29.7. The largest absolute Gasteiger partial charge is 0.374 e. The Morgan fingerprint density at radius 2 is 1.59 bits per heavy atom. The fourth-order valence-corrected chi connectivity index (χ4v) is 7.53. The van der Waals surface area contributed by atoms with E-state index in [1.165, 1.54) is 23.3 Å². The summed E-state index contributed by atoms with van der Waals surface area (Å²) in [7, 11) is 0. The maximum atomic E-state index is 14.1.